The molecule has 1 heterocycles. The number of halogens is 2. The minimum atomic E-state index is -0.291. The van der Waals surface area contributed by atoms with E-state index in [1.54, 1.807) is 0 Å². The molecule has 2 unspecified atom stereocenters. The Hall–Kier alpha value is 0.420. The van der Waals surface area contributed by atoms with E-state index in [9.17, 15) is 0 Å². The van der Waals surface area contributed by atoms with E-state index in [2.05, 4.69) is 21.3 Å². The second kappa shape index (κ2) is 3.71. The predicted octanol–water partition coefficient (Wildman–Crippen LogP) is -0.683. The molecule has 1 aliphatic heterocycles. The summed E-state index contributed by atoms with van der Waals surface area (Å²) in [5, 5.41) is 11.6. The van der Waals surface area contributed by atoms with Crippen molar-refractivity contribution in [1.82, 2.24) is 21.3 Å². The minimum absolute atomic E-state index is 0.0359. The van der Waals surface area contributed by atoms with E-state index in [1.807, 2.05) is 7.05 Å². The molecule has 1 saturated heterocycles. The maximum atomic E-state index is 5.70. The van der Waals surface area contributed by atoms with E-state index in [0.717, 1.165) is 0 Å². The lowest BCUT2D eigenvalue weighted by molar-refractivity contribution is 0.263. The van der Waals surface area contributed by atoms with Crippen molar-refractivity contribution < 1.29 is 0 Å². The molecule has 0 aromatic heterocycles. The van der Waals surface area contributed by atoms with Crippen LogP contribution in [0.2, 0.25) is 0 Å². The lowest BCUT2D eigenvalue weighted by Gasteiger charge is -2.32. The molecule has 0 saturated carbocycles. The Morgan fingerprint density at radius 3 is 2.00 bits per heavy atom. The largest absolute Gasteiger partial charge is 0.293 e. The molecule has 0 bridgehead atoms. The van der Waals surface area contributed by atoms with Gasteiger partial charge in [0.15, 0.2) is 0 Å². The van der Waals surface area contributed by atoms with Gasteiger partial charge in [0.05, 0.1) is 0 Å². The first-order valence-corrected chi connectivity index (χ1v) is 3.83. The molecule has 4 N–H and O–H groups in total. The van der Waals surface area contributed by atoms with Crippen LogP contribution in [0, 0.1) is 0 Å². The SMILES string of the molecule is CNC1NC(Cl)NC(Cl)N1. The average molecular weight is 185 g/mol. The molecule has 0 aromatic rings. The number of hydrogen-bond donors (Lipinski definition) is 4. The van der Waals surface area contributed by atoms with Crippen molar-refractivity contribution in [1.29, 1.82) is 0 Å². The van der Waals surface area contributed by atoms with Crippen LogP contribution in [0.4, 0.5) is 0 Å². The van der Waals surface area contributed by atoms with Crippen LogP contribution in [-0.2, 0) is 0 Å². The Morgan fingerprint density at radius 1 is 1.10 bits per heavy atom. The second-order valence-electron chi connectivity index (χ2n) is 1.95. The summed E-state index contributed by atoms with van der Waals surface area (Å²) in [6, 6.07) is 0. The third-order valence-electron chi connectivity index (χ3n) is 1.21. The van der Waals surface area contributed by atoms with Crippen LogP contribution in [0.3, 0.4) is 0 Å². The van der Waals surface area contributed by atoms with E-state index in [0.29, 0.717) is 0 Å². The summed E-state index contributed by atoms with van der Waals surface area (Å²) in [6.45, 7) is 0. The molecule has 10 heavy (non-hydrogen) atoms. The highest BCUT2D eigenvalue weighted by Crippen LogP contribution is 1.98. The van der Waals surface area contributed by atoms with E-state index in [4.69, 9.17) is 23.2 Å². The topological polar surface area (TPSA) is 48.1 Å². The molecule has 6 heteroatoms. The van der Waals surface area contributed by atoms with Crippen molar-refractivity contribution in [3.05, 3.63) is 0 Å². The average Bonchev–Trinajstić information content (AvgIpc) is 1.85. The summed E-state index contributed by atoms with van der Waals surface area (Å²) in [5.41, 5.74) is -0.581. The third kappa shape index (κ3) is 2.23. The van der Waals surface area contributed by atoms with Crippen molar-refractivity contribution >= 4 is 23.2 Å². The maximum absolute atomic E-state index is 5.70. The van der Waals surface area contributed by atoms with Crippen molar-refractivity contribution in [2.45, 2.75) is 17.5 Å². The van der Waals surface area contributed by atoms with Gasteiger partial charge in [-0.3, -0.25) is 21.3 Å². The van der Waals surface area contributed by atoms with Crippen LogP contribution in [0.1, 0.15) is 0 Å². The van der Waals surface area contributed by atoms with Gasteiger partial charge in [-0.2, -0.15) is 0 Å². The molecular weight excluding hydrogens is 175 g/mol. The number of nitrogens with one attached hydrogen (secondary N) is 4. The van der Waals surface area contributed by atoms with Gasteiger partial charge in [0.2, 0.25) is 0 Å². The molecule has 0 spiro atoms. The van der Waals surface area contributed by atoms with Crippen molar-refractivity contribution in [3.8, 4) is 0 Å². The molecule has 1 rings (SSSR count). The summed E-state index contributed by atoms with van der Waals surface area (Å²) in [4.78, 5) is 0. The monoisotopic (exact) mass is 184 g/mol. The van der Waals surface area contributed by atoms with Gasteiger partial charge in [-0.1, -0.05) is 23.2 Å². The van der Waals surface area contributed by atoms with Crippen molar-refractivity contribution in [2.24, 2.45) is 0 Å². The van der Waals surface area contributed by atoms with Crippen LogP contribution < -0.4 is 21.3 Å². The van der Waals surface area contributed by atoms with Gasteiger partial charge in [-0.15, -0.1) is 0 Å². The number of hydrogen-bond acceptors (Lipinski definition) is 4. The third-order valence-corrected chi connectivity index (χ3v) is 1.71. The summed E-state index contributed by atoms with van der Waals surface area (Å²) in [6.07, 6.45) is -0.0359. The normalized spacial score (nSPS) is 41.7. The van der Waals surface area contributed by atoms with Crippen LogP contribution in [-0.4, -0.2) is 24.6 Å². The van der Waals surface area contributed by atoms with Gasteiger partial charge in [-0.05, 0) is 7.05 Å². The Labute approximate surface area is 69.6 Å². The Bertz CT molecular complexity index is 101. The fourth-order valence-corrected chi connectivity index (χ4v) is 1.30. The summed E-state index contributed by atoms with van der Waals surface area (Å²) in [7, 11) is 1.81. The summed E-state index contributed by atoms with van der Waals surface area (Å²) in [5.74, 6) is 0. The second-order valence-corrected chi connectivity index (χ2v) is 2.82. The predicted molar refractivity (Wildman–Crippen MR) is 41.5 cm³/mol. The minimum Gasteiger partial charge on any atom is -0.293 e. The number of alkyl halides is 2. The first-order chi connectivity index (χ1) is 4.72. The lowest BCUT2D eigenvalue weighted by Crippen LogP contribution is -2.67. The zero-order valence-corrected chi connectivity index (χ0v) is 7.00. The fraction of sp³-hybridized carbons (Fsp3) is 1.00. The quantitative estimate of drug-likeness (QED) is 0.323. The van der Waals surface area contributed by atoms with Gasteiger partial charge in [0.1, 0.15) is 17.5 Å². The molecule has 1 aliphatic rings. The van der Waals surface area contributed by atoms with Crippen molar-refractivity contribution in [2.75, 3.05) is 7.05 Å². The smallest absolute Gasteiger partial charge is 0.139 e. The highest BCUT2D eigenvalue weighted by molar-refractivity contribution is 6.23. The highest BCUT2D eigenvalue weighted by atomic mass is 35.5. The molecule has 2 atom stereocenters. The van der Waals surface area contributed by atoms with Gasteiger partial charge >= 0.3 is 0 Å². The summed E-state index contributed by atoms with van der Waals surface area (Å²) < 4.78 is 0. The van der Waals surface area contributed by atoms with Crippen molar-refractivity contribution in [3.63, 3.8) is 0 Å². The van der Waals surface area contributed by atoms with E-state index in [-0.39, 0.29) is 17.5 Å². The molecular formula is C4H10Cl2N4. The molecule has 0 aliphatic carbocycles. The van der Waals surface area contributed by atoms with Gasteiger partial charge in [0.25, 0.3) is 0 Å². The molecule has 0 aromatic carbocycles. The van der Waals surface area contributed by atoms with Crippen LogP contribution in [0.15, 0.2) is 0 Å². The Balaban J connectivity index is 2.35. The molecule has 4 nitrogen and oxygen atoms in total. The summed E-state index contributed by atoms with van der Waals surface area (Å²) >= 11 is 11.4. The molecule has 0 radical (unpaired) electrons. The number of rotatable bonds is 1. The lowest BCUT2D eigenvalue weighted by atomic mass is 10.6. The van der Waals surface area contributed by atoms with Crippen LogP contribution in [0.5, 0.6) is 0 Å². The van der Waals surface area contributed by atoms with Crippen LogP contribution >= 0.6 is 23.2 Å². The maximum Gasteiger partial charge on any atom is 0.139 e. The fourth-order valence-electron chi connectivity index (χ4n) is 0.732. The molecule has 1 fully saturated rings. The Kier molecular flexibility index (Phi) is 3.16. The molecule has 0 amide bonds. The first kappa shape index (κ1) is 8.52. The van der Waals surface area contributed by atoms with Gasteiger partial charge in [-0.25, -0.2) is 0 Å². The molecule has 60 valence electrons. The van der Waals surface area contributed by atoms with Gasteiger partial charge in [0, 0.05) is 0 Å². The first-order valence-electron chi connectivity index (χ1n) is 2.96. The zero-order chi connectivity index (χ0) is 7.56. The highest BCUT2D eigenvalue weighted by Gasteiger charge is 2.21. The van der Waals surface area contributed by atoms with E-state index in [1.165, 1.54) is 0 Å². The zero-order valence-electron chi connectivity index (χ0n) is 5.49. The van der Waals surface area contributed by atoms with Gasteiger partial charge < -0.3 is 0 Å². The van der Waals surface area contributed by atoms with E-state index < -0.39 is 0 Å². The standard InChI is InChI=1S/C4H10Cl2N4/c1-7-4-9-2(5)8-3(6)10-4/h2-4,7-10H,1H3. The van der Waals surface area contributed by atoms with E-state index >= 15 is 0 Å². The van der Waals surface area contributed by atoms with Crippen LogP contribution in [0.25, 0.3) is 0 Å². The Morgan fingerprint density at radius 2 is 1.60 bits per heavy atom.